The second-order valence-electron chi connectivity index (χ2n) is 6.15. The average molecular weight is 295 g/mol. The van der Waals surface area contributed by atoms with Crippen LogP contribution in [0.2, 0.25) is 5.02 Å². The Balaban J connectivity index is 1.86. The van der Waals surface area contributed by atoms with Crippen LogP contribution in [-0.2, 0) is 0 Å². The van der Waals surface area contributed by atoms with Crippen molar-refractivity contribution in [1.29, 1.82) is 0 Å². The van der Waals surface area contributed by atoms with Crippen molar-refractivity contribution >= 4 is 11.6 Å². The van der Waals surface area contributed by atoms with Crippen molar-refractivity contribution in [2.24, 2.45) is 11.7 Å². The zero-order valence-corrected chi connectivity index (χ0v) is 13.0. The predicted octanol–water partition coefficient (Wildman–Crippen LogP) is 3.06. The predicted molar refractivity (Wildman–Crippen MR) is 82.5 cm³/mol. The topological polar surface area (TPSA) is 38.5 Å². The molecular weight excluding hydrogens is 272 g/mol. The molecule has 0 saturated carbocycles. The van der Waals surface area contributed by atoms with Gasteiger partial charge >= 0.3 is 0 Å². The van der Waals surface area contributed by atoms with Crippen LogP contribution in [0.1, 0.15) is 35.6 Å². The van der Waals surface area contributed by atoms with Gasteiger partial charge in [-0.15, -0.1) is 0 Å². The molecule has 3 rings (SSSR count). The third-order valence-electron chi connectivity index (χ3n) is 4.68. The fourth-order valence-corrected chi connectivity index (χ4v) is 3.63. The summed E-state index contributed by atoms with van der Waals surface area (Å²) in [5, 5.41) is 0.824. The molecule has 0 spiro atoms. The Morgan fingerprint density at radius 1 is 1.35 bits per heavy atom. The van der Waals surface area contributed by atoms with Crippen LogP contribution in [-0.4, -0.2) is 31.1 Å². The molecule has 0 aromatic heterocycles. The number of fused-ring (bicyclic) bond motifs is 1. The van der Waals surface area contributed by atoms with Crippen molar-refractivity contribution < 1.29 is 4.74 Å². The Morgan fingerprint density at radius 2 is 2.05 bits per heavy atom. The van der Waals surface area contributed by atoms with Gasteiger partial charge in [0.15, 0.2) is 0 Å². The van der Waals surface area contributed by atoms with E-state index in [1.165, 1.54) is 25.9 Å². The third kappa shape index (κ3) is 2.43. The largest absolute Gasteiger partial charge is 0.493 e. The summed E-state index contributed by atoms with van der Waals surface area (Å²) in [4.78, 5) is 2.50. The van der Waals surface area contributed by atoms with Gasteiger partial charge in [0.2, 0.25) is 0 Å². The molecule has 2 atom stereocenters. The number of hydrogen-bond donors (Lipinski definition) is 1. The highest BCUT2D eigenvalue weighted by molar-refractivity contribution is 6.32. The van der Waals surface area contributed by atoms with Crippen molar-refractivity contribution in [3.8, 4) is 5.75 Å². The van der Waals surface area contributed by atoms with E-state index in [2.05, 4.69) is 11.8 Å². The Bertz CT molecular complexity index is 512. The van der Waals surface area contributed by atoms with E-state index in [1.54, 1.807) is 0 Å². The molecule has 110 valence electrons. The molecule has 2 N–H and O–H groups in total. The van der Waals surface area contributed by atoms with Crippen LogP contribution in [0.25, 0.3) is 0 Å². The fraction of sp³-hybridized carbons (Fsp3) is 0.625. The van der Waals surface area contributed by atoms with Crippen molar-refractivity contribution in [3.63, 3.8) is 0 Å². The Hall–Kier alpha value is -0.770. The number of aryl methyl sites for hydroxylation is 1. The number of nitrogens with zero attached hydrogens (tertiary/aromatic N) is 1. The molecule has 0 radical (unpaired) electrons. The molecule has 2 aliphatic heterocycles. The molecule has 20 heavy (non-hydrogen) atoms. The first kappa shape index (κ1) is 14.2. The highest BCUT2D eigenvalue weighted by Crippen LogP contribution is 2.40. The van der Waals surface area contributed by atoms with Crippen molar-refractivity contribution in [1.82, 2.24) is 4.90 Å². The molecule has 0 amide bonds. The van der Waals surface area contributed by atoms with Crippen LogP contribution in [0.5, 0.6) is 5.75 Å². The number of hydrogen-bond acceptors (Lipinski definition) is 3. The van der Waals surface area contributed by atoms with E-state index in [0.29, 0.717) is 12.5 Å². The highest BCUT2D eigenvalue weighted by Gasteiger charge is 2.32. The van der Waals surface area contributed by atoms with Gasteiger partial charge in [0.25, 0.3) is 0 Å². The molecule has 4 heteroatoms. The number of ether oxygens (including phenoxy) is 1. The van der Waals surface area contributed by atoms with E-state index in [4.69, 9.17) is 22.1 Å². The fourth-order valence-electron chi connectivity index (χ4n) is 3.47. The summed E-state index contributed by atoms with van der Waals surface area (Å²) in [6, 6.07) is 2.05. The van der Waals surface area contributed by atoms with Crippen molar-refractivity contribution in [3.05, 3.63) is 27.8 Å². The second-order valence-corrected chi connectivity index (χ2v) is 6.53. The molecule has 2 aliphatic rings. The van der Waals surface area contributed by atoms with E-state index in [-0.39, 0.29) is 6.04 Å². The van der Waals surface area contributed by atoms with Crippen molar-refractivity contribution in [2.45, 2.75) is 32.7 Å². The maximum atomic E-state index is 6.52. The molecular formula is C16H23ClN2O. The Morgan fingerprint density at radius 3 is 2.75 bits per heavy atom. The third-order valence-corrected chi connectivity index (χ3v) is 5.26. The molecule has 1 aromatic carbocycles. The van der Waals surface area contributed by atoms with E-state index in [9.17, 15) is 0 Å². The van der Waals surface area contributed by atoms with Crippen LogP contribution in [0, 0.1) is 19.8 Å². The maximum Gasteiger partial charge on any atom is 0.124 e. The van der Waals surface area contributed by atoms with E-state index < -0.39 is 0 Å². The molecule has 0 aliphatic carbocycles. The zero-order chi connectivity index (χ0) is 14.3. The van der Waals surface area contributed by atoms with Gasteiger partial charge in [0.1, 0.15) is 5.75 Å². The lowest BCUT2D eigenvalue weighted by Gasteiger charge is -2.35. The first-order valence-corrected chi connectivity index (χ1v) is 7.86. The van der Waals surface area contributed by atoms with Crippen LogP contribution in [0.15, 0.2) is 6.07 Å². The minimum Gasteiger partial charge on any atom is -0.493 e. The first-order valence-electron chi connectivity index (χ1n) is 7.48. The van der Waals surface area contributed by atoms with Crippen molar-refractivity contribution in [2.75, 3.05) is 26.2 Å². The van der Waals surface area contributed by atoms with Crippen LogP contribution < -0.4 is 10.5 Å². The van der Waals surface area contributed by atoms with Gasteiger partial charge in [0.05, 0.1) is 6.61 Å². The van der Waals surface area contributed by atoms with Gasteiger partial charge in [-0.05, 0) is 57.0 Å². The molecule has 1 saturated heterocycles. The lowest BCUT2D eigenvalue weighted by molar-refractivity contribution is 0.151. The van der Waals surface area contributed by atoms with Gasteiger partial charge < -0.3 is 15.4 Å². The summed E-state index contributed by atoms with van der Waals surface area (Å²) in [6.45, 7) is 8.21. The summed E-state index contributed by atoms with van der Waals surface area (Å²) in [5.41, 5.74) is 9.78. The molecule has 1 aromatic rings. The van der Waals surface area contributed by atoms with E-state index in [0.717, 1.165) is 34.0 Å². The van der Waals surface area contributed by atoms with E-state index >= 15 is 0 Å². The van der Waals surface area contributed by atoms with Crippen LogP contribution >= 0.6 is 11.6 Å². The summed E-state index contributed by atoms with van der Waals surface area (Å²) in [7, 11) is 0. The van der Waals surface area contributed by atoms with Gasteiger partial charge in [-0.3, -0.25) is 0 Å². The summed E-state index contributed by atoms with van der Waals surface area (Å²) >= 11 is 6.38. The smallest absolute Gasteiger partial charge is 0.124 e. The monoisotopic (exact) mass is 294 g/mol. The summed E-state index contributed by atoms with van der Waals surface area (Å²) < 4.78 is 5.97. The minimum absolute atomic E-state index is 0.0254. The quantitative estimate of drug-likeness (QED) is 0.911. The second kappa shape index (κ2) is 5.55. The Labute approximate surface area is 126 Å². The zero-order valence-electron chi connectivity index (χ0n) is 12.3. The maximum absolute atomic E-state index is 6.52. The summed E-state index contributed by atoms with van der Waals surface area (Å²) in [6.07, 6.45) is 2.62. The lowest BCUT2D eigenvalue weighted by atomic mass is 9.87. The van der Waals surface area contributed by atoms with Crippen LogP contribution in [0.3, 0.4) is 0 Å². The number of nitrogens with two attached hydrogens (primary N) is 1. The molecule has 2 heterocycles. The first-order chi connectivity index (χ1) is 9.58. The normalized spacial score (nSPS) is 26.4. The number of likely N-dealkylation sites (tertiary alicyclic amines) is 1. The Kier molecular flexibility index (Phi) is 3.93. The molecule has 2 unspecified atom stereocenters. The lowest BCUT2D eigenvalue weighted by Crippen LogP contribution is -2.39. The average Bonchev–Trinajstić information content (AvgIpc) is 2.92. The number of halogens is 1. The minimum atomic E-state index is 0.0254. The number of benzene rings is 1. The van der Waals surface area contributed by atoms with Gasteiger partial charge in [-0.1, -0.05) is 11.6 Å². The van der Waals surface area contributed by atoms with Gasteiger partial charge in [-0.2, -0.15) is 0 Å². The van der Waals surface area contributed by atoms with E-state index in [1.807, 2.05) is 13.0 Å². The molecule has 3 nitrogen and oxygen atoms in total. The SMILES string of the molecule is Cc1cc2c(c(C)c1Cl)C(N)C(CN1CCCC1)CO2. The highest BCUT2D eigenvalue weighted by atomic mass is 35.5. The van der Waals surface area contributed by atoms with Crippen LogP contribution in [0.4, 0.5) is 0 Å². The molecule has 1 fully saturated rings. The van der Waals surface area contributed by atoms with Gasteiger partial charge in [-0.25, -0.2) is 0 Å². The van der Waals surface area contributed by atoms with Gasteiger partial charge in [0, 0.05) is 29.1 Å². The molecule has 0 bridgehead atoms. The summed E-state index contributed by atoms with van der Waals surface area (Å²) in [5.74, 6) is 1.28. The number of rotatable bonds is 2. The standard InChI is InChI=1S/C16H23ClN2O/c1-10-7-13-14(11(2)15(10)17)16(18)12(9-20-13)8-19-5-3-4-6-19/h7,12,16H,3-6,8-9,18H2,1-2H3.